The fraction of sp³-hybridized carbons (Fsp3) is 0.556. The summed E-state index contributed by atoms with van der Waals surface area (Å²) in [6.45, 7) is 8.26. The molecule has 0 saturated carbocycles. The Balaban J connectivity index is 2.49. The van der Waals surface area contributed by atoms with E-state index in [4.69, 9.17) is 10.5 Å². The van der Waals surface area contributed by atoms with E-state index >= 15 is 0 Å². The molecule has 0 aromatic heterocycles. The monoisotopic (exact) mass is 335 g/mol. The van der Waals surface area contributed by atoms with Gasteiger partial charge in [0.05, 0.1) is 0 Å². The minimum atomic E-state index is -0.660. The molecule has 0 aliphatic heterocycles. The Morgan fingerprint density at radius 2 is 1.71 bits per heavy atom. The van der Waals surface area contributed by atoms with Crippen molar-refractivity contribution >= 4 is 12.0 Å². The van der Waals surface area contributed by atoms with Gasteiger partial charge in [-0.3, -0.25) is 4.79 Å². The Kier molecular flexibility index (Phi) is 8.26. The zero-order chi connectivity index (χ0) is 18.1. The van der Waals surface area contributed by atoms with Crippen molar-refractivity contribution in [2.45, 2.75) is 46.4 Å². The normalized spacial score (nSPS) is 13.5. The third-order valence-electron chi connectivity index (χ3n) is 3.80. The van der Waals surface area contributed by atoms with Crippen LogP contribution in [0.15, 0.2) is 30.3 Å². The number of ether oxygens (including phenoxy) is 1. The summed E-state index contributed by atoms with van der Waals surface area (Å²) in [5.41, 5.74) is 6.82. The molecule has 0 radical (unpaired) electrons. The lowest BCUT2D eigenvalue weighted by atomic mass is 10.0. The molecule has 134 valence electrons. The van der Waals surface area contributed by atoms with Gasteiger partial charge in [0.1, 0.15) is 12.6 Å². The molecule has 6 nitrogen and oxygen atoms in total. The highest BCUT2D eigenvalue weighted by Gasteiger charge is 2.25. The number of hydrogen-bond donors (Lipinski definition) is 3. The Hall–Kier alpha value is -2.08. The quantitative estimate of drug-likeness (QED) is 0.678. The van der Waals surface area contributed by atoms with Gasteiger partial charge in [0.2, 0.25) is 5.91 Å². The van der Waals surface area contributed by atoms with Gasteiger partial charge in [-0.25, -0.2) is 4.79 Å². The number of alkyl carbamates (subject to hydrolysis) is 1. The van der Waals surface area contributed by atoms with Crippen LogP contribution in [-0.2, 0) is 16.1 Å². The molecule has 0 saturated heterocycles. The van der Waals surface area contributed by atoms with Crippen LogP contribution in [0.4, 0.5) is 4.79 Å². The van der Waals surface area contributed by atoms with E-state index in [0.29, 0.717) is 6.54 Å². The second-order valence-electron chi connectivity index (χ2n) is 6.58. The van der Waals surface area contributed by atoms with Crippen LogP contribution in [0, 0.1) is 11.8 Å². The minimum Gasteiger partial charge on any atom is -0.445 e. The van der Waals surface area contributed by atoms with Crippen molar-refractivity contribution in [2.75, 3.05) is 6.54 Å². The second kappa shape index (κ2) is 9.93. The van der Waals surface area contributed by atoms with Crippen LogP contribution in [0.25, 0.3) is 0 Å². The van der Waals surface area contributed by atoms with Crippen LogP contribution in [0.1, 0.15) is 33.3 Å². The minimum absolute atomic E-state index is 0.0652. The number of nitrogens with one attached hydrogen (secondary N) is 2. The summed E-state index contributed by atoms with van der Waals surface area (Å²) in [4.78, 5) is 24.2. The van der Waals surface area contributed by atoms with Gasteiger partial charge in [0, 0.05) is 12.6 Å². The summed E-state index contributed by atoms with van der Waals surface area (Å²) >= 11 is 0. The Morgan fingerprint density at radius 1 is 1.08 bits per heavy atom. The molecule has 2 amide bonds. The molecular formula is C18H29N3O3. The number of carbonyl (C=O) groups excluding carboxylic acids is 2. The van der Waals surface area contributed by atoms with Gasteiger partial charge in [0.15, 0.2) is 0 Å². The van der Waals surface area contributed by atoms with Crippen molar-refractivity contribution in [3.05, 3.63) is 35.9 Å². The van der Waals surface area contributed by atoms with E-state index in [-0.39, 0.29) is 30.4 Å². The SMILES string of the molecule is CC(C)[C@H](N)CNC(=O)[C@@H](NC(=O)OCc1ccccc1)C(C)C. The highest BCUT2D eigenvalue weighted by atomic mass is 16.5. The van der Waals surface area contributed by atoms with Gasteiger partial charge in [-0.1, -0.05) is 58.0 Å². The Bertz CT molecular complexity index is 518. The fourth-order valence-corrected chi connectivity index (χ4v) is 1.99. The van der Waals surface area contributed by atoms with E-state index in [2.05, 4.69) is 10.6 Å². The predicted molar refractivity (Wildman–Crippen MR) is 94.2 cm³/mol. The summed E-state index contributed by atoms with van der Waals surface area (Å²) in [5, 5.41) is 5.42. The molecule has 1 rings (SSSR count). The molecule has 2 atom stereocenters. The van der Waals surface area contributed by atoms with Crippen LogP contribution >= 0.6 is 0 Å². The average molecular weight is 335 g/mol. The third-order valence-corrected chi connectivity index (χ3v) is 3.80. The van der Waals surface area contributed by atoms with Crippen LogP contribution < -0.4 is 16.4 Å². The maximum absolute atomic E-state index is 12.3. The summed E-state index contributed by atoms with van der Waals surface area (Å²) in [6, 6.07) is 8.60. The fourth-order valence-electron chi connectivity index (χ4n) is 1.99. The van der Waals surface area contributed by atoms with E-state index in [1.54, 1.807) is 0 Å². The van der Waals surface area contributed by atoms with Crippen molar-refractivity contribution in [1.82, 2.24) is 10.6 Å². The number of benzene rings is 1. The maximum Gasteiger partial charge on any atom is 0.408 e. The van der Waals surface area contributed by atoms with Gasteiger partial charge in [-0.2, -0.15) is 0 Å². The molecule has 0 aliphatic carbocycles. The zero-order valence-corrected chi connectivity index (χ0v) is 14.9. The lowest BCUT2D eigenvalue weighted by Gasteiger charge is -2.23. The van der Waals surface area contributed by atoms with Crippen LogP contribution in [-0.4, -0.2) is 30.6 Å². The largest absolute Gasteiger partial charge is 0.445 e. The molecule has 1 aromatic rings. The molecular weight excluding hydrogens is 306 g/mol. The molecule has 4 N–H and O–H groups in total. The number of amides is 2. The van der Waals surface area contributed by atoms with E-state index in [1.807, 2.05) is 58.0 Å². The Morgan fingerprint density at radius 3 is 2.25 bits per heavy atom. The van der Waals surface area contributed by atoms with E-state index in [9.17, 15) is 9.59 Å². The molecule has 0 aliphatic rings. The number of hydrogen-bond acceptors (Lipinski definition) is 4. The highest BCUT2D eigenvalue weighted by Crippen LogP contribution is 2.05. The molecule has 0 bridgehead atoms. The Labute approximate surface area is 144 Å². The summed E-state index contributed by atoms with van der Waals surface area (Å²) in [6.07, 6.45) is -0.610. The van der Waals surface area contributed by atoms with Gasteiger partial charge in [0.25, 0.3) is 0 Å². The van der Waals surface area contributed by atoms with E-state index in [0.717, 1.165) is 5.56 Å². The molecule has 1 aromatic carbocycles. The molecule has 24 heavy (non-hydrogen) atoms. The molecule has 0 spiro atoms. The molecule has 6 heteroatoms. The van der Waals surface area contributed by atoms with E-state index in [1.165, 1.54) is 0 Å². The topological polar surface area (TPSA) is 93.5 Å². The van der Waals surface area contributed by atoms with Crippen molar-refractivity contribution in [2.24, 2.45) is 17.6 Å². The van der Waals surface area contributed by atoms with Crippen molar-refractivity contribution < 1.29 is 14.3 Å². The highest BCUT2D eigenvalue weighted by molar-refractivity contribution is 5.85. The van der Waals surface area contributed by atoms with Crippen molar-refractivity contribution in [3.63, 3.8) is 0 Å². The van der Waals surface area contributed by atoms with Crippen LogP contribution in [0.2, 0.25) is 0 Å². The molecule has 0 fully saturated rings. The summed E-state index contributed by atoms with van der Waals surface area (Å²) in [7, 11) is 0. The van der Waals surface area contributed by atoms with E-state index < -0.39 is 12.1 Å². The first-order valence-electron chi connectivity index (χ1n) is 8.31. The number of carbonyl (C=O) groups is 2. The smallest absolute Gasteiger partial charge is 0.408 e. The molecule has 0 unspecified atom stereocenters. The van der Waals surface area contributed by atoms with Gasteiger partial charge < -0.3 is 21.1 Å². The number of rotatable bonds is 8. The zero-order valence-electron chi connectivity index (χ0n) is 14.9. The summed E-state index contributed by atoms with van der Waals surface area (Å²) < 4.78 is 5.17. The molecule has 0 heterocycles. The standard InChI is InChI=1S/C18H29N3O3/c1-12(2)15(19)10-20-17(22)16(13(3)4)21-18(23)24-11-14-8-6-5-7-9-14/h5-9,12-13,15-16H,10-11,19H2,1-4H3,(H,20,22)(H,21,23)/t15-,16+/m1/s1. The lowest BCUT2D eigenvalue weighted by Crippen LogP contribution is -2.52. The van der Waals surface area contributed by atoms with Crippen molar-refractivity contribution in [3.8, 4) is 0 Å². The number of nitrogens with two attached hydrogens (primary N) is 1. The van der Waals surface area contributed by atoms with Gasteiger partial charge in [-0.15, -0.1) is 0 Å². The maximum atomic E-state index is 12.3. The van der Waals surface area contributed by atoms with Crippen molar-refractivity contribution in [1.29, 1.82) is 0 Å². The third kappa shape index (κ3) is 7.00. The van der Waals surface area contributed by atoms with Gasteiger partial charge in [-0.05, 0) is 17.4 Å². The lowest BCUT2D eigenvalue weighted by molar-refractivity contribution is -0.124. The summed E-state index contributed by atoms with van der Waals surface area (Å²) in [5.74, 6) is -0.0473. The van der Waals surface area contributed by atoms with Gasteiger partial charge >= 0.3 is 6.09 Å². The van der Waals surface area contributed by atoms with Crippen LogP contribution in [0.5, 0.6) is 0 Å². The predicted octanol–water partition coefficient (Wildman–Crippen LogP) is 2.04. The first-order chi connectivity index (χ1) is 11.3. The first-order valence-corrected chi connectivity index (χ1v) is 8.31. The second-order valence-corrected chi connectivity index (χ2v) is 6.58. The van der Waals surface area contributed by atoms with Crippen LogP contribution in [0.3, 0.4) is 0 Å². The first kappa shape index (κ1) is 20.0. The average Bonchev–Trinajstić information content (AvgIpc) is 2.55.